The van der Waals surface area contributed by atoms with Crippen LogP contribution in [0.25, 0.3) is 0 Å². The molecule has 2 aliphatic heterocycles. The van der Waals surface area contributed by atoms with Crippen LogP contribution in [0.5, 0.6) is 0 Å². The fourth-order valence-electron chi connectivity index (χ4n) is 3.21. The van der Waals surface area contributed by atoms with E-state index in [0.717, 1.165) is 50.9 Å². The molecule has 142 valence electrons. The molecule has 8 heteroatoms. The Bertz CT molecular complexity index is 771. The zero-order valence-corrected chi connectivity index (χ0v) is 15.1. The maximum absolute atomic E-state index is 12.6. The van der Waals surface area contributed by atoms with Gasteiger partial charge in [0.15, 0.2) is 0 Å². The van der Waals surface area contributed by atoms with Crippen molar-refractivity contribution in [3.63, 3.8) is 0 Å². The minimum atomic E-state index is -0.185. The van der Waals surface area contributed by atoms with Gasteiger partial charge < -0.3 is 24.6 Å². The molecular weight excluding hydrogens is 346 g/mol. The van der Waals surface area contributed by atoms with Crippen LogP contribution in [0.2, 0.25) is 0 Å². The fourth-order valence-corrected chi connectivity index (χ4v) is 3.21. The highest BCUT2D eigenvalue weighted by Crippen LogP contribution is 2.19. The minimum absolute atomic E-state index is 0.185. The lowest BCUT2D eigenvalue weighted by Crippen LogP contribution is -2.36. The Morgan fingerprint density at radius 2 is 1.52 bits per heavy atom. The molecular formula is C19H23N5O3. The van der Waals surface area contributed by atoms with E-state index in [1.54, 1.807) is 6.07 Å². The van der Waals surface area contributed by atoms with Crippen molar-refractivity contribution in [2.24, 2.45) is 0 Å². The van der Waals surface area contributed by atoms with Gasteiger partial charge in [-0.15, -0.1) is 0 Å². The summed E-state index contributed by atoms with van der Waals surface area (Å²) in [5, 5.41) is 2.86. The Morgan fingerprint density at radius 1 is 0.889 bits per heavy atom. The number of anilines is 3. The normalized spacial score (nSPS) is 17.6. The number of carbonyl (C=O) groups is 1. The van der Waals surface area contributed by atoms with Crippen molar-refractivity contribution in [2.45, 2.75) is 0 Å². The lowest BCUT2D eigenvalue weighted by Gasteiger charge is -2.28. The molecule has 0 aliphatic carbocycles. The van der Waals surface area contributed by atoms with Gasteiger partial charge in [-0.05, 0) is 24.3 Å². The van der Waals surface area contributed by atoms with Gasteiger partial charge in [0, 0.05) is 43.5 Å². The zero-order chi connectivity index (χ0) is 18.5. The first kappa shape index (κ1) is 17.7. The van der Waals surface area contributed by atoms with Gasteiger partial charge in [-0.2, -0.15) is 0 Å². The molecule has 27 heavy (non-hydrogen) atoms. The minimum Gasteiger partial charge on any atom is -0.378 e. The number of benzene rings is 1. The molecule has 0 radical (unpaired) electrons. The highest BCUT2D eigenvalue weighted by Gasteiger charge is 2.15. The fraction of sp³-hybridized carbons (Fsp3) is 0.421. The van der Waals surface area contributed by atoms with Crippen LogP contribution in [0.15, 0.2) is 36.7 Å². The summed E-state index contributed by atoms with van der Waals surface area (Å²) in [6.07, 6.45) is 1.47. The number of aromatic nitrogens is 2. The summed E-state index contributed by atoms with van der Waals surface area (Å²) >= 11 is 0. The van der Waals surface area contributed by atoms with E-state index in [0.29, 0.717) is 24.6 Å². The third kappa shape index (κ3) is 4.35. The molecule has 2 fully saturated rings. The van der Waals surface area contributed by atoms with Crippen molar-refractivity contribution in [3.8, 4) is 0 Å². The second-order valence-corrected chi connectivity index (χ2v) is 6.46. The molecule has 1 aromatic carbocycles. The van der Waals surface area contributed by atoms with Gasteiger partial charge in [-0.1, -0.05) is 0 Å². The molecule has 0 atom stereocenters. The van der Waals surface area contributed by atoms with Crippen LogP contribution >= 0.6 is 0 Å². The monoisotopic (exact) mass is 369 g/mol. The van der Waals surface area contributed by atoms with Gasteiger partial charge in [0.25, 0.3) is 5.91 Å². The van der Waals surface area contributed by atoms with E-state index in [9.17, 15) is 4.79 Å². The van der Waals surface area contributed by atoms with E-state index in [1.807, 2.05) is 24.3 Å². The van der Waals surface area contributed by atoms with E-state index in [2.05, 4.69) is 25.1 Å². The lowest BCUT2D eigenvalue weighted by atomic mass is 10.1. The van der Waals surface area contributed by atoms with Crippen molar-refractivity contribution in [1.29, 1.82) is 0 Å². The van der Waals surface area contributed by atoms with Gasteiger partial charge in [0.1, 0.15) is 18.0 Å². The molecule has 0 saturated carbocycles. The van der Waals surface area contributed by atoms with Gasteiger partial charge >= 0.3 is 0 Å². The number of hydrogen-bond acceptors (Lipinski definition) is 7. The zero-order valence-electron chi connectivity index (χ0n) is 15.1. The number of rotatable bonds is 4. The number of amides is 1. The highest BCUT2D eigenvalue weighted by atomic mass is 16.5. The second kappa shape index (κ2) is 8.32. The molecule has 1 aromatic heterocycles. The molecule has 0 bridgehead atoms. The summed E-state index contributed by atoms with van der Waals surface area (Å²) in [6, 6.07) is 9.42. The molecule has 0 spiro atoms. The summed E-state index contributed by atoms with van der Waals surface area (Å²) in [7, 11) is 0. The summed E-state index contributed by atoms with van der Waals surface area (Å²) < 4.78 is 10.7. The Kier molecular flexibility index (Phi) is 5.45. The van der Waals surface area contributed by atoms with Crippen LogP contribution in [-0.4, -0.2) is 68.5 Å². The topological polar surface area (TPSA) is 79.8 Å². The number of carbonyl (C=O) groups excluding carboxylic acids is 1. The molecule has 1 amide bonds. The molecule has 2 aliphatic rings. The average molecular weight is 369 g/mol. The first-order chi connectivity index (χ1) is 13.3. The smallest absolute Gasteiger partial charge is 0.256 e. The first-order valence-electron chi connectivity index (χ1n) is 9.18. The van der Waals surface area contributed by atoms with Crippen LogP contribution in [0.4, 0.5) is 17.3 Å². The molecule has 3 heterocycles. The molecule has 4 rings (SSSR count). The van der Waals surface area contributed by atoms with Gasteiger partial charge in [-0.3, -0.25) is 4.79 Å². The SMILES string of the molecule is O=C(Nc1cc(N2CCOCC2)ncn1)c1ccc(N2CCOCC2)cc1. The summed E-state index contributed by atoms with van der Waals surface area (Å²) in [5.74, 6) is 1.11. The summed E-state index contributed by atoms with van der Waals surface area (Å²) in [6.45, 7) is 6.15. The van der Waals surface area contributed by atoms with Gasteiger partial charge in [0.05, 0.1) is 26.4 Å². The van der Waals surface area contributed by atoms with E-state index in [4.69, 9.17) is 9.47 Å². The Balaban J connectivity index is 1.41. The van der Waals surface area contributed by atoms with E-state index in [1.165, 1.54) is 6.33 Å². The Hall–Kier alpha value is -2.71. The summed E-state index contributed by atoms with van der Waals surface area (Å²) in [4.78, 5) is 25.4. The quantitative estimate of drug-likeness (QED) is 0.873. The van der Waals surface area contributed by atoms with E-state index >= 15 is 0 Å². The van der Waals surface area contributed by atoms with Crippen molar-refractivity contribution < 1.29 is 14.3 Å². The first-order valence-corrected chi connectivity index (χ1v) is 9.18. The van der Waals surface area contributed by atoms with Crippen molar-refractivity contribution in [1.82, 2.24) is 9.97 Å². The number of nitrogens with one attached hydrogen (secondary N) is 1. The second-order valence-electron chi connectivity index (χ2n) is 6.46. The van der Waals surface area contributed by atoms with Crippen molar-refractivity contribution in [2.75, 3.05) is 67.7 Å². The van der Waals surface area contributed by atoms with Gasteiger partial charge in [0.2, 0.25) is 0 Å². The van der Waals surface area contributed by atoms with Crippen molar-refractivity contribution in [3.05, 3.63) is 42.2 Å². The van der Waals surface area contributed by atoms with Crippen LogP contribution < -0.4 is 15.1 Å². The predicted molar refractivity (Wildman–Crippen MR) is 102 cm³/mol. The standard InChI is InChI=1S/C19H23N5O3/c25-19(15-1-3-16(4-2-15)23-5-9-26-10-6-23)22-17-13-18(21-14-20-17)24-7-11-27-12-8-24/h1-4,13-14H,5-12H2,(H,20,21,22,25). The average Bonchev–Trinajstić information content (AvgIpc) is 2.75. The largest absolute Gasteiger partial charge is 0.378 e. The number of morpholine rings is 2. The molecule has 8 nitrogen and oxygen atoms in total. The maximum Gasteiger partial charge on any atom is 0.256 e. The summed E-state index contributed by atoms with van der Waals surface area (Å²) in [5.41, 5.74) is 1.70. The maximum atomic E-state index is 12.6. The molecule has 2 aromatic rings. The number of ether oxygens (including phenoxy) is 2. The van der Waals surface area contributed by atoms with Crippen LogP contribution in [-0.2, 0) is 9.47 Å². The molecule has 1 N–H and O–H groups in total. The number of hydrogen-bond donors (Lipinski definition) is 1. The Morgan fingerprint density at radius 3 is 2.19 bits per heavy atom. The lowest BCUT2D eigenvalue weighted by molar-refractivity contribution is 0.102. The van der Waals surface area contributed by atoms with E-state index in [-0.39, 0.29) is 5.91 Å². The van der Waals surface area contributed by atoms with Gasteiger partial charge in [-0.25, -0.2) is 9.97 Å². The number of nitrogens with zero attached hydrogens (tertiary/aromatic N) is 4. The Labute approximate surface area is 158 Å². The molecule has 0 unspecified atom stereocenters. The van der Waals surface area contributed by atoms with Crippen LogP contribution in [0, 0.1) is 0 Å². The van der Waals surface area contributed by atoms with Crippen LogP contribution in [0.1, 0.15) is 10.4 Å². The highest BCUT2D eigenvalue weighted by molar-refractivity contribution is 6.04. The predicted octanol–water partition coefficient (Wildman–Crippen LogP) is 1.40. The van der Waals surface area contributed by atoms with Crippen molar-refractivity contribution >= 4 is 23.2 Å². The van der Waals surface area contributed by atoms with Crippen LogP contribution in [0.3, 0.4) is 0 Å². The third-order valence-electron chi connectivity index (χ3n) is 4.74. The van der Waals surface area contributed by atoms with E-state index < -0.39 is 0 Å². The third-order valence-corrected chi connectivity index (χ3v) is 4.74. The molecule has 2 saturated heterocycles.